The van der Waals surface area contributed by atoms with E-state index in [0.717, 1.165) is 7.11 Å². The topological polar surface area (TPSA) is 88.5 Å². The van der Waals surface area contributed by atoms with Crippen LogP contribution in [0.3, 0.4) is 0 Å². The van der Waals surface area contributed by atoms with Gasteiger partial charge in [0, 0.05) is 18.0 Å². The molecule has 0 radical (unpaired) electrons. The van der Waals surface area contributed by atoms with E-state index in [2.05, 4.69) is 15.0 Å². The zero-order chi connectivity index (χ0) is 11.3. The van der Waals surface area contributed by atoms with E-state index in [9.17, 15) is 9.59 Å². The van der Waals surface area contributed by atoms with E-state index in [1.54, 1.807) is 12.1 Å². The molecule has 0 saturated heterocycles. The summed E-state index contributed by atoms with van der Waals surface area (Å²) in [5.74, 6) is -1.17. The average Bonchev–Trinajstić information content (AvgIpc) is 2.26. The zero-order valence-corrected chi connectivity index (χ0v) is 12.1. The molecule has 0 spiro atoms. The van der Waals surface area contributed by atoms with E-state index in [1.165, 1.54) is 12.4 Å². The number of carboxylic acids is 1. The summed E-state index contributed by atoms with van der Waals surface area (Å²) in [6.07, 6.45) is 2.08. The van der Waals surface area contributed by atoms with Crippen molar-refractivity contribution in [1.29, 1.82) is 0 Å². The van der Waals surface area contributed by atoms with Crippen molar-refractivity contribution in [3.63, 3.8) is 0 Å². The number of halogens is 1. The number of nitrogens with one attached hydrogen (secondary N) is 1. The molecule has 0 saturated carbocycles. The van der Waals surface area contributed by atoms with Crippen LogP contribution in [0.15, 0.2) is 24.5 Å². The first-order valence-electron chi connectivity index (χ1n) is 4.12. The predicted octanol–water partition coefficient (Wildman–Crippen LogP) is -5.43. The molecule has 0 bridgehead atoms. The fourth-order valence-electron chi connectivity index (χ4n) is 1.01. The molecule has 2 N–H and O–H groups in total. The van der Waals surface area contributed by atoms with Crippen LogP contribution in [0.1, 0.15) is 11.6 Å². The maximum Gasteiger partial charge on any atom is 1.00 e. The number of aliphatic carboxylic acids is 1. The van der Waals surface area contributed by atoms with Crippen LogP contribution in [0.2, 0.25) is 0 Å². The van der Waals surface area contributed by atoms with Crippen molar-refractivity contribution in [3.05, 3.63) is 30.1 Å². The molecule has 0 aliphatic carbocycles. The third kappa shape index (κ3) is 5.88. The summed E-state index contributed by atoms with van der Waals surface area (Å²) in [6.45, 7) is 0. The Hall–Kier alpha value is -0.820. The number of carboxylic acid groups (broad SMARTS) is 1. The molecule has 0 aromatic carbocycles. The summed E-state index contributed by atoms with van der Waals surface area (Å²) in [6, 6.07) is 2.00. The number of amides is 1. The van der Waals surface area contributed by atoms with Gasteiger partial charge in [-0.25, -0.2) is 9.59 Å². The molecule has 1 amide bonds. The molecular formula is C9H10ClN2NaO4. The fraction of sp³-hybridized carbons (Fsp3) is 0.222. The second kappa shape index (κ2) is 9.23. The maximum atomic E-state index is 10.9. The van der Waals surface area contributed by atoms with E-state index < -0.39 is 18.1 Å². The van der Waals surface area contributed by atoms with E-state index in [0.29, 0.717) is 5.56 Å². The molecule has 0 aliphatic rings. The molecule has 1 heterocycles. The van der Waals surface area contributed by atoms with Gasteiger partial charge in [-0.05, 0) is 6.07 Å². The SMILES string of the molecule is COC(=O)NC(C(=O)O)c1cccnc1.[Cl-].[Na+]. The van der Waals surface area contributed by atoms with Crippen LogP contribution in [0, 0.1) is 0 Å². The fourth-order valence-corrected chi connectivity index (χ4v) is 1.01. The monoisotopic (exact) mass is 268 g/mol. The first kappa shape index (κ1) is 18.5. The largest absolute Gasteiger partial charge is 1.00 e. The van der Waals surface area contributed by atoms with Gasteiger partial charge in [-0.1, -0.05) is 6.07 Å². The van der Waals surface area contributed by atoms with Crippen LogP contribution in [-0.4, -0.2) is 29.3 Å². The minimum Gasteiger partial charge on any atom is -1.00 e. The van der Waals surface area contributed by atoms with Crippen LogP contribution in [0.5, 0.6) is 0 Å². The van der Waals surface area contributed by atoms with E-state index in [-0.39, 0.29) is 42.0 Å². The summed E-state index contributed by atoms with van der Waals surface area (Å²) in [4.78, 5) is 25.5. The normalized spacial score (nSPS) is 10.2. The van der Waals surface area contributed by atoms with Crippen molar-refractivity contribution in [2.75, 3.05) is 7.11 Å². The van der Waals surface area contributed by atoms with Crippen molar-refractivity contribution in [2.24, 2.45) is 0 Å². The number of carbonyl (C=O) groups excluding carboxylic acids is 1. The molecule has 0 fully saturated rings. The molecule has 1 aromatic rings. The third-order valence-electron chi connectivity index (χ3n) is 1.71. The van der Waals surface area contributed by atoms with Gasteiger partial charge in [0.15, 0.2) is 6.04 Å². The molecule has 8 heteroatoms. The van der Waals surface area contributed by atoms with E-state index in [1.807, 2.05) is 0 Å². The second-order valence-electron chi connectivity index (χ2n) is 2.69. The zero-order valence-electron chi connectivity index (χ0n) is 9.38. The molecule has 1 aromatic heterocycles. The van der Waals surface area contributed by atoms with E-state index in [4.69, 9.17) is 5.11 Å². The van der Waals surface area contributed by atoms with Gasteiger partial charge in [-0.3, -0.25) is 4.98 Å². The van der Waals surface area contributed by atoms with E-state index >= 15 is 0 Å². The van der Waals surface area contributed by atoms with Gasteiger partial charge in [0.25, 0.3) is 0 Å². The predicted molar refractivity (Wildman–Crippen MR) is 50.2 cm³/mol. The van der Waals surface area contributed by atoms with Crippen LogP contribution >= 0.6 is 0 Å². The first-order valence-corrected chi connectivity index (χ1v) is 4.12. The molecule has 1 unspecified atom stereocenters. The molecule has 0 aliphatic heterocycles. The Kier molecular flexibility index (Phi) is 10.1. The molecule has 17 heavy (non-hydrogen) atoms. The summed E-state index contributed by atoms with van der Waals surface area (Å²) in [5, 5.41) is 11.1. The van der Waals surface area contributed by atoms with Gasteiger partial charge in [0.2, 0.25) is 0 Å². The Morgan fingerprint density at radius 1 is 1.53 bits per heavy atom. The summed E-state index contributed by atoms with van der Waals surface area (Å²) < 4.78 is 4.32. The summed E-state index contributed by atoms with van der Waals surface area (Å²) >= 11 is 0. The van der Waals surface area contributed by atoms with Gasteiger partial charge in [-0.15, -0.1) is 0 Å². The number of nitrogens with zero attached hydrogens (tertiary/aromatic N) is 1. The van der Waals surface area contributed by atoms with Crippen LogP contribution in [0.4, 0.5) is 4.79 Å². The van der Waals surface area contributed by atoms with Crippen LogP contribution in [0.25, 0.3) is 0 Å². The number of aromatic nitrogens is 1. The second-order valence-corrected chi connectivity index (χ2v) is 2.69. The molecular weight excluding hydrogens is 259 g/mol. The Morgan fingerprint density at radius 3 is 2.59 bits per heavy atom. The minimum absolute atomic E-state index is 0. The number of hydrogen-bond acceptors (Lipinski definition) is 4. The van der Waals surface area contributed by atoms with Crippen molar-refractivity contribution in [2.45, 2.75) is 6.04 Å². The van der Waals surface area contributed by atoms with Crippen molar-refractivity contribution in [3.8, 4) is 0 Å². The Labute approximate surface area is 126 Å². The summed E-state index contributed by atoms with van der Waals surface area (Å²) in [5.41, 5.74) is 0.385. The summed E-state index contributed by atoms with van der Waals surface area (Å²) in [7, 11) is 1.16. The Bertz CT molecular complexity index is 363. The third-order valence-corrected chi connectivity index (χ3v) is 1.71. The maximum absolute atomic E-state index is 10.9. The smallest absolute Gasteiger partial charge is 1.00 e. The number of hydrogen-bond donors (Lipinski definition) is 2. The van der Waals surface area contributed by atoms with Crippen molar-refractivity contribution >= 4 is 12.1 Å². The number of ether oxygens (including phenoxy) is 1. The van der Waals surface area contributed by atoms with Gasteiger partial charge < -0.3 is 27.6 Å². The Balaban J connectivity index is 0. The average molecular weight is 269 g/mol. The number of methoxy groups -OCH3 is 1. The quantitative estimate of drug-likeness (QED) is 0.534. The molecule has 6 nitrogen and oxygen atoms in total. The number of rotatable bonds is 3. The molecule has 88 valence electrons. The number of carbonyl (C=O) groups is 2. The van der Waals surface area contributed by atoms with Crippen molar-refractivity contribution in [1.82, 2.24) is 10.3 Å². The van der Waals surface area contributed by atoms with Gasteiger partial charge >= 0.3 is 41.6 Å². The standard InChI is InChI=1S/C9H10N2O4.ClH.Na/c1-15-9(14)11-7(8(12)13)6-3-2-4-10-5-6;;/h2-5,7H,1H3,(H,11,14)(H,12,13);1H;/q;;+1/p-1. The van der Waals surface area contributed by atoms with Gasteiger partial charge in [0.1, 0.15) is 0 Å². The number of alkyl carbamates (subject to hydrolysis) is 1. The molecule has 1 atom stereocenters. The minimum atomic E-state index is -1.17. The molecule has 1 rings (SSSR count). The number of pyridine rings is 1. The first-order chi connectivity index (χ1) is 7.15. The van der Waals surface area contributed by atoms with Gasteiger partial charge in [-0.2, -0.15) is 0 Å². The van der Waals surface area contributed by atoms with Crippen LogP contribution in [-0.2, 0) is 9.53 Å². The van der Waals surface area contributed by atoms with Gasteiger partial charge in [0.05, 0.1) is 7.11 Å². The van der Waals surface area contributed by atoms with Crippen molar-refractivity contribution < 1.29 is 61.4 Å². The Morgan fingerprint density at radius 2 is 2.18 bits per heavy atom. The van der Waals surface area contributed by atoms with Crippen LogP contribution < -0.4 is 47.3 Å².